The van der Waals surface area contributed by atoms with Gasteiger partial charge in [0, 0.05) is 55.6 Å². The van der Waals surface area contributed by atoms with Crippen LogP contribution in [0.5, 0.6) is 11.5 Å². The smallest absolute Gasteiger partial charge is 0.333 e. The van der Waals surface area contributed by atoms with Crippen molar-refractivity contribution in [3.8, 4) is 11.5 Å². The van der Waals surface area contributed by atoms with Gasteiger partial charge < -0.3 is 37.9 Å². The quantitative estimate of drug-likeness (QED) is 0.0317. The third-order valence-corrected chi connectivity index (χ3v) is 15.9. The van der Waals surface area contributed by atoms with Gasteiger partial charge in [-0.2, -0.15) is 0 Å². The molecule has 0 aliphatic carbocycles. The van der Waals surface area contributed by atoms with Crippen molar-refractivity contribution >= 4 is 11.9 Å². The molecule has 0 fully saturated rings. The van der Waals surface area contributed by atoms with Crippen LogP contribution < -0.4 is 9.47 Å². The summed E-state index contributed by atoms with van der Waals surface area (Å²) < 4.78 is 50.4. The van der Waals surface area contributed by atoms with E-state index in [-0.39, 0.29) is 33.9 Å². The van der Waals surface area contributed by atoms with Crippen molar-refractivity contribution in [1.82, 2.24) is 0 Å². The minimum Gasteiger partial charge on any atom is -0.493 e. The van der Waals surface area contributed by atoms with E-state index in [9.17, 15) is 9.59 Å². The molecule has 10 nitrogen and oxygen atoms in total. The average molecular weight is 1040 g/mol. The van der Waals surface area contributed by atoms with E-state index < -0.39 is 34.3 Å². The number of ether oxygens (including phenoxy) is 8. The Labute approximate surface area is 455 Å². The van der Waals surface area contributed by atoms with Crippen LogP contribution >= 0.6 is 0 Å². The maximum atomic E-state index is 12.6. The second-order valence-corrected chi connectivity index (χ2v) is 25.1. The molecule has 0 aliphatic heterocycles. The molecule has 0 aromatic heterocycles. The van der Waals surface area contributed by atoms with Crippen LogP contribution in [0.15, 0.2) is 110 Å². The first-order valence-corrected chi connectivity index (χ1v) is 27.5. The van der Waals surface area contributed by atoms with Gasteiger partial charge in [-0.15, -0.1) is 0 Å². The molecule has 0 bridgehead atoms. The molecular formula is C65H100O10. The van der Waals surface area contributed by atoms with Crippen LogP contribution in [0.25, 0.3) is 0 Å². The molecule has 3 aromatic carbocycles. The third-order valence-electron chi connectivity index (χ3n) is 15.9. The van der Waals surface area contributed by atoms with E-state index in [1.54, 1.807) is 6.92 Å². The van der Waals surface area contributed by atoms with Crippen LogP contribution in [0.1, 0.15) is 192 Å². The van der Waals surface area contributed by atoms with Gasteiger partial charge >= 0.3 is 11.9 Å². The number of carbonyl (C=O) groups is 2. The summed E-state index contributed by atoms with van der Waals surface area (Å²) in [5.41, 5.74) is -0.943. The van der Waals surface area contributed by atoms with Crippen LogP contribution in [0, 0.1) is 10.8 Å². The predicted octanol–water partition coefficient (Wildman–Crippen LogP) is 15.8. The maximum Gasteiger partial charge on any atom is 0.333 e. The molecule has 75 heavy (non-hydrogen) atoms. The Balaban J connectivity index is 1.37. The van der Waals surface area contributed by atoms with Crippen molar-refractivity contribution in [1.29, 1.82) is 0 Å². The predicted molar refractivity (Wildman–Crippen MR) is 306 cm³/mol. The van der Waals surface area contributed by atoms with E-state index in [1.807, 2.05) is 88.4 Å². The molecule has 0 saturated carbocycles. The van der Waals surface area contributed by atoms with Crippen molar-refractivity contribution in [2.45, 2.75) is 215 Å². The summed E-state index contributed by atoms with van der Waals surface area (Å²) in [4.78, 5) is 24.8. The van der Waals surface area contributed by atoms with Gasteiger partial charge in [-0.25, -0.2) is 9.59 Å². The summed E-state index contributed by atoms with van der Waals surface area (Å²) in [6.07, 6.45) is 8.49. The van der Waals surface area contributed by atoms with Gasteiger partial charge in [-0.05, 0) is 150 Å². The Morgan fingerprint density at radius 2 is 0.880 bits per heavy atom. The molecule has 3 rings (SSSR count). The number of benzene rings is 3. The Kier molecular flexibility index (Phi) is 24.4. The second kappa shape index (κ2) is 28.2. The third kappa shape index (κ3) is 21.5. The molecule has 0 aliphatic rings. The van der Waals surface area contributed by atoms with Crippen molar-refractivity contribution in [3.05, 3.63) is 121 Å². The molecule has 0 radical (unpaired) electrons. The monoisotopic (exact) mass is 1040 g/mol. The van der Waals surface area contributed by atoms with E-state index in [0.717, 1.165) is 74.0 Å². The van der Waals surface area contributed by atoms with Crippen LogP contribution in [0.4, 0.5) is 0 Å². The van der Waals surface area contributed by atoms with Gasteiger partial charge in [0.15, 0.2) is 0 Å². The highest BCUT2D eigenvalue weighted by molar-refractivity contribution is 5.87. The second-order valence-electron chi connectivity index (χ2n) is 25.1. The highest BCUT2D eigenvalue weighted by atomic mass is 16.6. The van der Waals surface area contributed by atoms with E-state index in [2.05, 4.69) is 121 Å². The van der Waals surface area contributed by atoms with Gasteiger partial charge in [0.05, 0.1) is 48.8 Å². The van der Waals surface area contributed by atoms with Gasteiger partial charge in [0.25, 0.3) is 0 Å². The Bertz CT molecular complexity index is 2200. The van der Waals surface area contributed by atoms with Crippen molar-refractivity contribution in [3.63, 3.8) is 0 Å². The number of esters is 2. The van der Waals surface area contributed by atoms with Crippen LogP contribution in [0.3, 0.4) is 0 Å². The van der Waals surface area contributed by atoms with E-state index in [1.165, 1.54) is 6.08 Å². The molecule has 0 spiro atoms. The van der Waals surface area contributed by atoms with Crippen LogP contribution in [-0.4, -0.2) is 85.2 Å². The van der Waals surface area contributed by atoms with E-state index in [4.69, 9.17) is 37.9 Å². The number of hydrogen-bond acceptors (Lipinski definition) is 10. The Morgan fingerprint density at radius 1 is 0.493 bits per heavy atom. The van der Waals surface area contributed by atoms with Gasteiger partial charge in [0.2, 0.25) is 0 Å². The largest absolute Gasteiger partial charge is 0.493 e. The lowest BCUT2D eigenvalue weighted by atomic mass is 9.73. The normalized spacial score (nSPS) is 13.9. The highest BCUT2D eigenvalue weighted by Crippen LogP contribution is 2.43. The Hall–Kier alpha value is -4.48. The molecule has 2 unspecified atom stereocenters. The van der Waals surface area contributed by atoms with Crippen molar-refractivity contribution in [2.75, 3.05) is 39.6 Å². The van der Waals surface area contributed by atoms with Crippen LogP contribution in [-0.2, 0) is 38.0 Å². The Morgan fingerprint density at radius 3 is 1.25 bits per heavy atom. The first kappa shape index (κ1) is 64.8. The fourth-order valence-corrected chi connectivity index (χ4v) is 8.78. The molecule has 3 aromatic rings. The first-order valence-electron chi connectivity index (χ1n) is 27.5. The SMILES string of the molecule is C=CC(=O)OC(C)(C)C(COC(C)(C)C(C)(C)CCCCOC(C)(C)CCOc1cccc(OCCC(C)(C)OCCCCC(C)(C)C(C)(C)OCC(c2ccccc2)C(C)(C)OC(=O)C(=C)C)c1)c1ccccc1. The molecule has 0 amide bonds. The lowest BCUT2D eigenvalue weighted by Crippen LogP contribution is -2.45. The summed E-state index contributed by atoms with van der Waals surface area (Å²) in [7, 11) is 0. The molecule has 0 N–H and O–H groups in total. The molecule has 0 heterocycles. The van der Waals surface area contributed by atoms with Crippen molar-refractivity contribution in [2.24, 2.45) is 10.8 Å². The standard InChI is InChI=1S/C65H100O10/c1-20-56(66)74-62(12,13)54(50-32-23-21-24-33-50)47-72-64(16,17)58(4,5)38-27-29-42-70-60(8,9)40-44-68-52-36-31-37-53(46-52)69-45-41-61(10,11)71-43-30-28-39-59(6,7)65(18,19)73-48-55(51-34-25-22-26-35-51)63(14,15)75-57(67)49(2)3/h20-26,31-37,46,54-55H,1-2,27-30,38-45,47-48H2,3-19H3. The summed E-state index contributed by atoms with van der Waals surface area (Å²) in [6, 6.07) is 28.1. The lowest BCUT2D eigenvalue weighted by Gasteiger charge is -2.44. The summed E-state index contributed by atoms with van der Waals surface area (Å²) in [6.45, 7) is 46.1. The van der Waals surface area contributed by atoms with Crippen molar-refractivity contribution < 1.29 is 47.5 Å². The fourth-order valence-electron chi connectivity index (χ4n) is 8.78. The fraction of sp³-hybridized carbons (Fsp3) is 0.631. The summed E-state index contributed by atoms with van der Waals surface area (Å²) >= 11 is 0. The zero-order valence-electron chi connectivity index (χ0n) is 49.7. The molecule has 420 valence electrons. The topological polar surface area (TPSA) is 108 Å². The lowest BCUT2D eigenvalue weighted by molar-refractivity contribution is -0.161. The molecular weight excluding hydrogens is 941 g/mol. The van der Waals surface area contributed by atoms with Gasteiger partial charge in [-0.3, -0.25) is 0 Å². The van der Waals surface area contributed by atoms with Gasteiger partial charge in [0.1, 0.15) is 22.7 Å². The average Bonchev–Trinajstić information content (AvgIpc) is 3.31. The minimum absolute atomic E-state index is 0.127. The zero-order valence-corrected chi connectivity index (χ0v) is 49.7. The molecule has 10 heteroatoms. The van der Waals surface area contributed by atoms with E-state index >= 15 is 0 Å². The molecule has 0 saturated heterocycles. The zero-order chi connectivity index (χ0) is 56.4. The highest BCUT2D eigenvalue weighted by Gasteiger charge is 2.43. The number of rotatable bonds is 36. The molecule has 2 atom stereocenters. The summed E-state index contributed by atoms with van der Waals surface area (Å²) in [5, 5.41) is 0. The van der Waals surface area contributed by atoms with E-state index in [0.29, 0.717) is 45.2 Å². The number of unbranched alkanes of at least 4 members (excludes halogenated alkanes) is 2. The number of carbonyl (C=O) groups excluding carboxylic acids is 2. The van der Waals surface area contributed by atoms with Crippen LogP contribution in [0.2, 0.25) is 0 Å². The maximum absolute atomic E-state index is 12.6. The van der Waals surface area contributed by atoms with Gasteiger partial charge in [-0.1, -0.05) is 120 Å². The first-order chi connectivity index (χ1) is 34.8. The summed E-state index contributed by atoms with van der Waals surface area (Å²) in [5.74, 6) is 0.355. The number of hydrogen-bond donors (Lipinski definition) is 0. The minimum atomic E-state index is -0.805.